The summed E-state index contributed by atoms with van der Waals surface area (Å²) in [5, 5.41) is 2.99. The fraction of sp³-hybridized carbons (Fsp3) is 0.286. The normalized spacial score (nSPS) is 20.0. The van der Waals surface area contributed by atoms with Gasteiger partial charge >= 0.3 is 0 Å². The van der Waals surface area contributed by atoms with E-state index in [2.05, 4.69) is 15.3 Å². The number of aryl methyl sites for hydroxylation is 2. The Kier molecular flexibility index (Phi) is 5.64. The molecule has 1 aromatic heterocycles. The predicted octanol–water partition coefficient (Wildman–Crippen LogP) is 3.74. The van der Waals surface area contributed by atoms with Crippen molar-refractivity contribution in [1.29, 1.82) is 0 Å². The molecular weight excluding hydrogens is 343 g/mol. The minimum absolute atomic E-state index is 0.255. The molecule has 6 heteroatoms. The highest BCUT2D eigenvalue weighted by atomic mass is 19.1. The van der Waals surface area contributed by atoms with E-state index in [1.165, 1.54) is 12.3 Å². The second-order valence-electron chi connectivity index (χ2n) is 6.70. The highest BCUT2D eigenvalue weighted by molar-refractivity contribution is 6.04. The van der Waals surface area contributed by atoms with E-state index in [4.69, 9.17) is 5.73 Å². The van der Waals surface area contributed by atoms with Crippen LogP contribution in [0.25, 0.3) is 0 Å². The summed E-state index contributed by atoms with van der Waals surface area (Å²) in [7, 11) is 0. The first kappa shape index (κ1) is 18.8. The van der Waals surface area contributed by atoms with Crippen LogP contribution in [0, 0.1) is 19.7 Å². The third-order valence-electron chi connectivity index (χ3n) is 4.81. The first-order valence-electron chi connectivity index (χ1n) is 8.98. The van der Waals surface area contributed by atoms with Crippen molar-refractivity contribution < 1.29 is 9.18 Å². The van der Waals surface area contributed by atoms with Crippen LogP contribution in [0.4, 0.5) is 10.1 Å². The monoisotopic (exact) mass is 366 g/mol. The van der Waals surface area contributed by atoms with Gasteiger partial charge in [0.2, 0.25) is 0 Å². The molecule has 0 radical (unpaired) electrons. The van der Waals surface area contributed by atoms with Gasteiger partial charge in [-0.05, 0) is 62.4 Å². The molecule has 1 aliphatic carbocycles. The number of halogens is 1. The van der Waals surface area contributed by atoms with Gasteiger partial charge in [0.15, 0.2) is 0 Å². The SMILES string of the molecule is Cc1cnc(C(=O)NC2CCCC(=Nc3ccccc3F)C2=CN)cc1C. The van der Waals surface area contributed by atoms with Gasteiger partial charge in [0, 0.05) is 23.7 Å². The van der Waals surface area contributed by atoms with Crippen LogP contribution in [0.1, 0.15) is 40.9 Å². The second kappa shape index (κ2) is 8.12. The molecule has 1 heterocycles. The predicted molar refractivity (Wildman–Crippen MR) is 105 cm³/mol. The van der Waals surface area contributed by atoms with Crippen molar-refractivity contribution >= 4 is 17.3 Å². The van der Waals surface area contributed by atoms with Crippen molar-refractivity contribution in [3.05, 3.63) is 70.9 Å². The number of rotatable bonds is 3. The lowest BCUT2D eigenvalue weighted by atomic mass is 9.88. The Labute approximate surface area is 158 Å². The Morgan fingerprint density at radius 3 is 2.81 bits per heavy atom. The maximum Gasteiger partial charge on any atom is 0.270 e. The summed E-state index contributed by atoms with van der Waals surface area (Å²) in [4.78, 5) is 21.3. The van der Waals surface area contributed by atoms with E-state index in [0.29, 0.717) is 17.8 Å². The maximum atomic E-state index is 13.9. The molecule has 3 N–H and O–H groups in total. The van der Waals surface area contributed by atoms with Crippen LogP contribution >= 0.6 is 0 Å². The number of hydrogen-bond acceptors (Lipinski definition) is 4. The highest BCUT2D eigenvalue weighted by Gasteiger charge is 2.26. The summed E-state index contributed by atoms with van der Waals surface area (Å²) in [6, 6.07) is 7.86. The molecule has 5 nitrogen and oxygen atoms in total. The lowest BCUT2D eigenvalue weighted by molar-refractivity contribution is 0.0936. The van der Waals surface area contributed by atoms with Crippen molar-refractivity contribution in [1.82, 2.24) is 10.3 Å². The molecule has 27 heavy (non-hydrogen) atoms. The number of aliphatic imine (C=N–C) groups is 1. The van der Waals surface area contributed by atoms with Gasteiger partial charge < -0.3 is 11.1 Å². The molecule has 1 amide bonds. The molecule has 2 aromatic rings. The summed E-state index contributed by atoms with van der Waals surface area (Å²) in [5.41, 5.74) is 9.94. The Morgan fingerprint density at radius 1 is 1.33 bits per heavy atom. The van der Waals surface area contributed by atoms with Crippen LogP contribution in [0.3, 0.4) is 0 Å². The van der Waals surface area contributed by atoms with Crippen LogP contribution in [0.2, 0.25) is 0 Å². The van der Waals surface area contributed by atoms with E-state index in [-0.39, 0.29) is 23.5 Å². The van der Waals surface area contributed by atoms with Gasteiger partial charge in [0.1, 0.15) is 11.5 Å². The first-order valence-corrected chi connectivity index (χ1v) is 8.98. The molecule has 1 atom stereocenters. The first-order chi connectivity index (χ1) is 13.0. The largest absolute Gasteiger partial charge is 0.404 e. The van der Waals surface area contributed by atoms with E-state index in [1.54, 1.807) is 30.5 Å². The lowest BCUT2D eigenvalue weighted by Crippen LogP contribution is -2.41. The van der Waals surface area contributed by atoms with Crippen molar-refractivity contribution in [2.45, 2.75) is 39.2 Å². The van der Waals surface area contributed by atoms with Crippen LogP contribution in [-0.4, -0.2) is 22.6 Å². The molecule has 1 fully saturated rings. The molecule has 0 saturated heterocycles. The van der Waals surface area contributed by atoms with Gasteiger partial charge in [0.05, 0.1) is 11.7 Å². The number of nitrogens with two attached hydrogens (primary N) is 1. The van der Waals surface area contributed by atoms with Crippen molar-refractivity contribution in [3.8, 4) is 0 Å². The van der Waals surface area contributed by atoms with Gasteiger partial charge in [-0.25, -0.2) is 9.38 Å². The summed E-state index contributed by atoms with van der Waals surface area (Å²) in [6.45, 7) is 3.89. The number of carbonyl (C=O) groups is 1. The van der Waals surface area contributed by atoms with Crippen LogP contribution in [-0.2, 0) is 0 Å². The fourth-order valence-electron chi connectivity index (χ4n) is 3.13. The second-order valence-corrected chi connectivity index (χ2v) is 6.70. The highest BCUT2D eigenvalue weighted by Crippen LogP contribution is 2.26. The molecular formula is C21H23FN4O. The quantitative estimate of drug-likeness (QED) is 0.868. The standard InChI is InChI=1S/C21H23FN4O/c1-13-10-20(24-12-14(13)2)21(27)26-18-9-5-8-17(15(18)11-23)25-19-7-4-3-6-16(19)22/h3-4,6-7,10-12,18H,5,8-9,23H2,1-2H3,(H,26,27). The van der Waals surface area contributed by atoms with Gasteiger partial charge in [0.25, 0.3) is 5.91 Å². The van der Waals surface area contributed by atoms with Crippen molar-refractivity contribution in [2.24, 2.45) is 10.7 Å². The van der Waals surface area contributed by atoms with Crippen LogP contribution in [0.5, 0.6) is 0 Å². The number of nitrogens with one attached hydrogen (secondary N) is 1. The fourth-order valence-corrected chi connectivity index (χ4v) is 3.13. The lowest BCUT2D eigenvalue weighted by Gasteiger charge is -2.27. The molecule has 140 valence electrons. The summed E-state index contributed by atoms with van der Waals surface area (Å²) < 4.78 is 13.9. The number of para-hydroxylation sites is 1. The number of amides is 1. The topological polar surface area (TPSA) is 80.4 Å². The van der Waals surface area contributed by atoms with Gasteiger partial charge in [-0.15, -0.1) is 0 Å². The van der Waals surface area contributed by atoms with Gasteiger partial charge in [-0.3, -0.25) is 9.78 Å². The summed E-state index contributed by atoms with van der Waals surface area (Å²) in [6.07, 6.45) is 5.41. The average Bonchev–Trinajstić information content (AvgIpc) is 2.66. The van der Waals surface area contributed by atoms with E-state index < -0.39 is 0 Å². The van der Waals surface area contributed by atoms with Crippen LogP contribution in [0.15, 0.2) is 53.3 Å². The average molecular weight is 366 g/mol. The van der Waals surface area contributed by atoms with E-state index in [0.717, 1.165) is 29.5 Å². The Hall–Kier alpha value is -3.02. The molecule has 0 spiro atoms. The molecule has 3 rings (SSSR count). The Bertz CT molecular complexity index is 920. The number of hydrogen-bond donors (Lipinski definition) is 2. The summed E-state index contributed by atoms with van der Waals surface area (Å²) in [5.74, 6) is -0.638. The molecule has 1 unspecified atom stereocenters. The molecule has 1 aliphatic rings. The number of carbonyl (C=O) groups excluding carboxylic acids is 1. The van der Waals surface area contributed by atoms with Crippen molar-refractivity contribution in [2.75, 3.05) is 0 Å². The van der Waals surface area contributed by atoms with E-state index in [9.17, 15) is 9.18 Å². The minimum Gasteiger partial charge on any atom is -0.404 e. The third-order valence-corrected chi connectivity index (χ3v) is 4.81. The minimum atomic E-state index is -0.383. The van der Waals surface area contributed by atoms with Gasteiger partial charge in [-0.2, -0.15) is 0 Å². The van der Waals surface area contributed by atoms with E-state index >= 15 is 0 Å². The molecule has 1 saturated carbocycles. The smallest absolute Gasteiger partial charge is 0.270 e. The molecule has 0 bridgehead atoms. The Morgan fingerprint density at radius 2 is 2.11 bits per heavy atom. The molecule has 1 aromatic carbocycles. The number of nitrogens with zero attached hydrogens (tertiary/aromatic N) is 2. The zero-order valence-corrected chi connectivity index (χ0v) is 15.5. The Balaban J connectivity index is 1.82. The third kappa shape index (κ3) is 4.22. The molecule has 0 aliphatic heterocycles. The van der Waals surface area contributed by atoms with E-state index in [1.807, 2.05) is 13.8 Å². The number of pyridine rings is 1. The van der Waals surface area contributed by atoms with Crippen LogP contribution < -0.4 is 11.1 Å². The van der Waals surface area contributed by atoms with Gasteiger partial charge in [-0.1, -0.05) is 12.1 Å². The van der Waals surface area contributed by atoms with Crippen molar-refractivity contribution in [3.63, 3.8) is 0 Å². The number of benzene rings is 1. The summed E-state index contributed by atoms with van der Waals surface area (Å²) >= 11 is 0. The number of aromatic nitrogens is 1. The zero-order chi connectivity index (χ0) is 19.4. The zero-order valence-electron chi connectivity index (χ0n) is 15.5. The maximum absolute atomic E-state index is 13.9.